The monoisotopic (exact) mass is 315 g/mol. The molecule has 2 rings (SSSR count). The van der Waals surface area contributed by atoms with Crippen LogP contribution in [0, 0.1) is 12.7 Å². The molecule has 23 heavy (non-hydrogen) atoms. The number of aromatic nitrogens is 1. The average molecular weight is 315 g/mol. The molecule has 0 fully saturated rings. The number of nitrogens with one attached hydrogen (secondary N) is 1. The van der Waals surface area contributed by atoms with Crippen LogP contribution in [0.2, 0.25) is 0 Å². The van der Waals surface area contributed by atoms with Crippen molar-refractivity contribution >= 4 is 17.6 Å². The second-order valence-electron chi connectivity index (χ2n) is 5.33. The molecule has 0 atom stereocenters. The molecule has 0 saturated carbocycles. The van der Waals surface area contributed by atoms with Crippen LogP contribution in [0.1, 0.15) is 11.1 Å². The molecule has 1 N–H and O–H groups in total. The van der Waals surface area contributed by atoms with Gasteiger partial charge in [-0.15, -0.1) is 0 Å². The number of carbonyl (C=O) groups excluding carboxylic acids is 2. The Morgan fingerprint density at radius 2 is 2.04 bits per heavy atom. The number of hydrogen-bond donors (Lipinski definition) is 1. The summed E-state index contributed by atoms with van der Waals surface area (Å²) in [4.78, 5) is 29.3. The van der Waals surface area contributed by atoms with Crippen LogP contribution >= 0.6 is 0 Å². The molecule has 120 valence electrons. The lowest BCUT2D eigenvalue weighted by atomic mass is 10.1. The fourth-order valence-corrected chi connectivity index (χ4v) is 1.98. The van der Waals surface area contributed by atoms with Crippen LogP contribution in [0.5, 0.6) is 0 Å². The topological polar surface area (TPSA) is 62.3 Å². The third-order valence-corrected chi connectivity index (χ3v) is 3.23. The van der Waals surface area contributed by atoms with Crippen LogP contribution in [-0.4, -0.2) is 35.3 Å². The Morgan fingerprint density at radius 1 is 1.26 bits per heavy atom. The Kier molecular flexibility index (Phi) is 5.41. The van der Waals surface area contributed by atoms with E-state index in [0.717, 1.165) is 5.56 Å². The lowest BCUT2D eigenvalue weighted by Crippen LogP contribution is -2.35. The molecule has 0 aliphatic heterocycles. The minimum absolute atomic E-state index is 0.0460. The number of carbonyl (C=O) groups is 2. The number of pyridine rings is 1. The summed E-state index contributed by atoms with van der Waals surface area (Å²) in [6.45, 7) is 1.81. The van der Waals surface area contributed by atoms with Crippen LogP contribution in [0.3, 0.4) is 0 Å². The third-order valence-electron chi connectivity index (χ3n) is 3.23. The highest BCUT2D eigenvalue weighted by Crippen LogP contribution is 2.07. The third kappa shape index (κ3) is 5.18. The summed E-state index contributed by atoms with van der Waals surface area (Å²) in [7, 11) is 1.53. The van der Waals surface area contributed by atoms with Gasteiger partial charge in [-0.3, -0.25) is 9.59 Å². The summed E-state index contributed by atoms with van der Waals surface area (Å²) >= 11 is 0. The van der Waals surface area contributed by atoms with E-state index in [-0.39, 0.29) is 30.6 Å². The molecule has 2 aromatic rings. The van der Waals surface area contributed by atoms with Gasteiger partial charge in [-0.1, -0.05) is 18.2 Å². The summed E-state index contributed by atoms with van der Waals surface area (Å²) in [5.74, 6) is -0.549. The van der Waals surface area contributed by atoms with Crippen LogP contribution in [0.15, 0.2) is 42.6 Å². The Bertz CT molecular complexity index is 701. The molecule has 1 aromatic carbocycles. The van der Waals surface area contributed by atoms with E-state index in [9.17, 15) is 14.0 Å². The van der Waals surface area contributed by atoms with Gasteiger partial charge in [-0.05, 0) is 36.2 Å². The minimum atomic E-state index is -0.388. The van der Waals surface area contributed by atoms with Gasteiger partial charge in [0.25, 0.3) is 0 Å². The summed E-state index contributed by atoms with van der Waals surface area (Å²) in [6.07, 6.45) is 1.69. The molecule has 2 amide bonds. The number of benzene rings is 1. The Balaban J connectivity index is 1.87. The fourth-order valence-electron chi connectivity index (χ4n) is 1.98. The molecule has 0 aliphatic rings. The first kappa shape index (κ1) is 16.6. The molecule has 6 heteroatoms. The van der Waals surface area contributed by atoms with E-state index < -0.39 is 0 Å². The van der Waals surface area contributed by atoms with Crippen molar-refractivity contribution in [1.82, 2.24) is 9.88 Å². The van der Waals surface area contributed by atoms with Crippen molar-refractivity contribution in [3.05, 3.63) is 59.5 Å². The Hall–Kier alpha value is -2.76. The zero-order valence-corrected chi connectivity index (χ0v) is 13.0. The zero-order chi connectivity index (χ0) is 16.8. The van der Waals surface area contributed by atoms with Crippen molar-refractivity contribution in [3.8, 4) is 0 Å². The second-order valence-corrected chi connectivity index (χ2v) is 5.33. The van der Waals surface area contributed by atoms with Crippen molar-refractivity contribution in [3.63, 3.8) is 0 Å². The van der Waals surface area contributed by atoms with Gasteiger partial charge in [0.05, 0.1) is 13.0 Å². The van der Waals surface area contributed by atoms with E-state index in [1.807, 2.05) is 13.0 Å². The maximum atomic E-state index is 13.1. The number of halogens is 1. The number of likely N-dealkylation sites (N-methyl/N-ethyl adjacent to an activating group) is 1. The molecule has 0 unspecified atom stereocenters. The van der Waals surface area contributed by atoms with Gasteiger partial charge < -0.3 is 10.2 Å². The number of rotatable bonds is 5. The quantitative estimate of drug-likeness (QED) is 0.920. The van der Waals surface area contributed by atoms with E-state index in [2.05, 4.69) is 10.3 Å². The lowest BCUT2D eigenvalue weighted by molar-refractivity contribution is -0.132. The van der Waals surface area contributed by atoms with Gasteiger partial charge in [0.2, 0.25) is 11.8 Å². The molecule has 0 saturated heterocycles. The summed E-state index contributed by atoms with van der Waals surface area (Å²) in [5, 5.41) is 2.62. The molecule has 0 bridgehead atoms. The van der Waals surface area contributed by atoms with Crippen LogP contribution < -0.4 is 5.32 Å². The maximum Gasteiger partial charge on any atom is 0.245 e. The van der Waals surface area contributed by atoms with Gasteiger partial charge >= 0.3 is 0 Å². The minimum Gasteiger partial charge on any atom is -0.336 e. The number of amides is 2. The van der Waals surface area contributed by atoms with Gasteiger partial charge in [0.1, 0.15) is 11.6 Å². The number of aryl methyl sites for hydroxylation is 1. The van der Waals surface area contributed by atoms with Gasteiger partial charge in [-0.25, -0.2) is 9.37 Å². The first-order valence-electron chi connectivity index (χ1n) is 7.15. The predicted molar refractivity (Wildman–Crippen MR) is 85.3 cm³/mol. The smallest absolute Gasteiger partial charge is 0.245 e. The van der Waals surface area contributed by atoms with Crippen molar-refractivity contribution in [2.75, 3.05) is 18.9 Å². The van der Waals surface area contributed by atoms with Crippen LogP contribution in [0.4, 0.5) is 10.2 Å². The lowest BCUT2D eigenvalue weighted by Gasteiger charge is -2.16. The zero-order valence-electron chi connectivity index (χ0n) is 13.0. The molecular weight excluding hydrogens is 297 g/mol. The van der Waals surface area contributed by atoms with E-state index in [1.165, 1.54) is 24.1 Å². The summed E-state index contributed by atoms with van der Waals surface area (Å²) < 4.78 is 13.1. The highest BCUT2D eigenvalue weighted by molar-refractivity contribution is 5.94. The highest BCUT2D eigenvalue weighted by Gasteiger charge is 2.14. The van der Waals surface area contributed by atoms with Crippen molar-refractivity contribution in [1.29, 1.82) is 0 Å². The molecule has 1 heterocycles. The molecule has 1 aromatic heterocycles. The molecule has 0 aliphatic carbocycles. The molecular formula is C17H18FN3O2. The molecule has 5 nitrogen and oxygen atoms in total. The Morgan fingerprint density at radius 3 is 2.70 bits per heavy atom. The number of nitrogens with zero attached hydrogens (tertiary/aromatic N) is 2. The van der Waals surface area contributed by atoms with E-state index in [4.69, 9.17) is 0 Å². The first-order valence-corrected chi connectivity index (χ1v) is 7.15. The van der Waals surface area contributed by atoms with Crippen LogP contribution in [-0.2, 0) is 16.0 Å². The van der Waals surface area contributed by atoms with Gasteiger partial charge in [0.15, 0.2) is 0 Å². The van der Waals surface area contributed by atoms with Crippen LogP contribution in [0.25, 0.3) is 0 Å². The Labute approximate surface area is 134 Å². The van der Waals surface area contributed by atoms with E-state index >= 15 is 0 Å². The molecule has 0 spiro atoms. The maximum absolute atomic E-state index is 13.1. The number of anilines is 1. The SMILES string of the molecule is Cc1ccc(NC(=O)CN(C)C(=O)Cc2cccc(F)c2)nc1. The second kappa shape index (κ2) is 7.49. The summed E-state index contributed by atoms with van der Waals surface area (Å²) in [6, 6.07) is 9.38. The fraction of sp³-hybridized carbons (Fsp3) is 0.235. The van der Waals surface area contributed by atoms with E-state index in [1.54, 1.807) is 24.4 Å². The average Bonchev–Trinajstić information content (AvgIpc) is 2.49. The van der Waals surface area contributed by atoms with Crippen molar-refractivity contribution in [2.45, 2.75) is 13.3 Å². The number of hydrogen-bond acceptors (Lipinski definition) is 3. The van der Waals surface area contributed by atoms with Gasteiger partial charge in [-0.2, -0.15) is 0 Å². The first-order chi connectivity index (χ1) is 10.9. The van der Waals surface area contributed by atoms with Crippen molar-refractivity contribution < 1.29 is 14.0 Å². The largest absolute Gasteiger partial charge is 0.336 e. The predicted octanol–water partition coefficient (Wildman–Crippen LogP) is 2.17. The van der Waals surface area contributed by atoms with Crippen molar-refractivity contribution in [2.24, 2.45) is 0 Å². The molecule has 0 radical (unpaired) electrons. The normalized spacial score (nSPS) is 10.2. The summed E-state index contributed by atoms with van der Waals surface area (Å²) in [5.41, 5.74) is 1.56. The van der Waals surface area contributed by atoms with E-state index in [0.29, 0.717) is 11.4 Å². The standard InChI is InChI=1S/C17H18FN3O2/c1-12-6-7-15(19-10-12)20-16(22)11-21(2)17(23)9-13-4-3-5-14(18)8-13/h3-8,10H,9,11H2,1-2H3,(H,19,20,22). The van der Waals surface area contributed by atoms with Gasteiger partial charge in [0, 0.05) is 13.2 Å². The highest BCUT2D eigenvalue weighted by atomic mass is 19.1.